The summed E-state index contributed by atoms with van der Waals surface area (Å²) in [6, 6.07) is 6.12. The normalized spacial score (nSPS) is 12.2. The summed E-state index contributed by atoms with van der Waals surface area (Å²) >= 11 is 1.45. The van der Waals surface area contributed by atoms with Gasteiger partial charge in [0.1, 0.15) is 11.5 Å². The Kier molecular flexibility index (Phi) is 7.44. The summed E-state index contributed by atoms with van der Waals surface area (Å²) < 4.78 is 34.8. The number of amides is 1. The minimum Gasteiger partial charge on any atom is -0.434 e. The first-order valence-corrected chi connectivity index (χ1v) is 9.40. The summed E-state index contributed by atoms with van der Waals surface area (Å²) in [4.78, 5) is 12.3. The number of alkyl halides is 2. The fourth-order valence-electron chi connectivity index (χ4n) is 2.56. The maximum absolute atomic E-state index is 12.6. The van der Waals surface area contributed by atoms with Crippen LogP contribution in [0.1, 0.15) is 42.0 Å². The van der Waals surface area contributed by atoms with Crippen molar-refractivity contribution in [3.05, 3.63) is 46.8 Å². The standard InChI is InChI=1S/C18H22F2N2O3S/c1-4-15(13-7-5-6-8-16(13)24-18(19)20)21-17(23)10-26-9-14-11(2)22-25-12(14)3/h5-8,15,18H,4,9-10H2,1-3H3,(H,21,23). The van der Waals surface area contributed by atoms with Gasteiger partial charge in [-0.2, -0.15) is 8.78 Å². The van der Waals surface area contributed by atoms with Crippen LogP contribution in [0, 0.1) is 13.8 Å². The molecule has 8 heteroatoms. The van der Waals surface area contributed by atoms with Crippen molar-refractivity contribution >= 4 is 17.7 Å². The first kappa shape index (κ1) is 20.2. The Labute approximate surface area is 155 Å². The molecule has 5 nitrogen and oxygen atoms in total. The molecule has 1 amide bonds. The van der Waals surface area contributed by atoms with Crippen LogP contribution < -0.4 is 10.1 Å². The molecule has 1 heterocycles. The second kappa shape index (κ2) is 9.56. The summed E-state index contributed by atoms with van der Waals surface area (Å²) in [7, 11) is 0. The lowest BCUT2D eigenvalue weighted by Gasteiger charge is -2.20. The van der Waals surface area contributed by atoms with E-state index < -0.39 is 12.7 Å². The maximum atomic E-state index is 12.6. The fourth-order valence-corrected chi connectivity index (χ4v) is 3.55. The van der Waals surface area contributed by atoms with E-state index >= 15 is 0 Å². The number of aryl methyl sites for hydroxylation is 2. The zero-order valence-electron chi connectivity index (χ0n) is 14.9. The molecule has 1 aromatic carbocycles. The first-order chi connectivity index (χ1) is 12.4. The van der Waals surface area contributed by atoms with E-state index in [2.05, 4.69) is 15.2 Å². The van der Waals surface area contributed by atoms with Crippen LogP contribution >= 0.6 is 11.8 Å². The third-order valence-corrected chi connectivity index (χ3v) is 4.87. The molecule has 2 aromatic rings. The quantitative estimate of drug-likeness (QED) is 0.694. The van der Waals surface area contributed by atoms with Crippen LogP contribution in [0.15, 0.2) is 28.8 Å². The van der Waals surface area contributed by atoms with Crippen LogP contribution in [0.2, 0.25) is 0 Å². The number of carbonyl (C=O) groups is 1. The average molecular weight is 384 g/mol. The first-order valence-electron chi connectivity index (χ1n) is 8.25. The largest absolute Gasteiger partial charge is 0.434 e. The summed E-state index contributed by atoms with van der Waals surface area (Å²) in [5.74, 6) is 1.54. The molecule has 0 aliphatic carbocycles. The highest BCUT2D eigenvalue weighted by molar-refractivity contribution is 7.99. The number of para-hydroxylation sites is 1. The predicted molar refractivity (Wildman–Crippen MR) is 96.4 cm³/mol. The summed E-state index contributed by atoms with van der Waals surface area (Å²) in [6.45, 7) is 2.67. The molecule has 0 saturated carbocycles. The van der Waals surface area contributed by atoms with Crippen molar-refractivity contribution in [2.45, 2.75) is 45.6 Å². The van der Waals surface area contributed by atoms with Gasteiger partial charge in [-0.3, -0.25) is 4.79 Å². The van der Waals surface area contributed by atoms with E-state index in [1.165, 1.54) is 17.8 Å². The number of benzene rings is 1. The van der Waals surface area contributed by atoms with Gasteiger partial charge in [0.15, 0.2) is 0 Å². The predicted octanol–water partition coefficient (Wildman–Crippen LogP) is 4.39. The minimum atomic E-state index is -2.91. The van der Waals surface area contributed by atoms with Crippen molar-refractivity contribution in [2.24, 2.45) is 0 Å². The Morgan fingerprint density at radius 3 is 2.69 bits per heavy atom. The van der Waals surface area contributed by atoms with Gasteiger partial charge in [0.2, 0.25) is 5.91 Å². The molecule has 142 valence electrons. The highest BCUT2D eigenvalue weighted by atomic mass is 32.2. The van der Waals surface area contributed by atoms with Gasteiger partial charge in [-0.15, -0.1) is 11.8 Å². The van der Waals surface area contributed by atoms with Crippen molar-refractivity contribution in [3.63, 3.8) is 0 Å². The lowest BCUT2D eigenvalue weighted by atomic mass is 10.0. The number of thioether (sulfide) groups is 1. The highest BCUT2D eigenvalue weighted by Crippen LogP contribution is 2.28. The molecule has 2 rings (SSSR count). The number of hydrogen-bond acceptors (Lipinski definition) is 5. The number of nitrogens with zero attached hydrogens (tertiary/aromatic N) is 1. The van der Waals surface area contributed by atoms with Crippen LogP contribution in [-0.2, 0) is 10.5 Å². The second-order valence-electron chi connectivity index (χ2n) is 5.74. The summed E-state index contributed by atoms with van der Waals surface area (Å²) in [6.07, 6.45) is 0.559. The summed E-state index contributed by atoms with van der Waals surface area (Å²) in [5.41, 5.74) is 2.35. The van der Waals surface area contributed by atoms with Gasteiger partial charge >= 0.3 is 6.61 Å². The molecule has 1 atom stereocenters. The van der Waals surface area contributed by atoms with Crippen molar-refractivity contribution in [2.75, 3.05) is 5.75 Å². The number of hydrogen-bond donors (Lipinski definition) is 1. The van der Waals surface area contributed by atoms with Gasteiger partial charge in [-0.1, -0.05) is 30.3 Å². The van der Waals surface area contributed by atoms with Crippen molar-refractivity contribution in [3.8, 4) is 5.75 Å². The Balaban J connectivity index is 1.94. The van der Waals surface area contributed by atoms with Gasteiger partial charge in [0.25, 0.3) is 0 Å². The molecule has 0 radical (unpaired) electrons. The number of carbonyl (C=O) groups excluding carboxylic acids is 1. The van der Waals surface area contributed by atoms with E-state index in [9.17, 15) is 13.6 Å². The minimum absolute atomic E-state index is 0.0815. The average Bonchev–Trinajstić information content (AvgIpc) is 2.92. The molecule has 0 spiro atoms. The van der Waals surface area contributed by atoms with Crippen LogP contribution in [0.5, 0.6) is 5.75 Å². The number of ether oxygens (including phenoxy) is 1. The molecule has 1 unspecified atom stereocenters. The van der Waals surface area contributed by atoms with Gasteiger partial charge in [0.05, 0.1) is 17.5 Å². The Bertz CT molecular complexity index is 717. The monoisotopic (exact) mass is 384 g/mol. The molecule has 0 bridgehead atoms. The number of nitrogens with one attached hydrogen (secondary N) is 1. The van der Waals surface area contributed by atoms with E-state index in [1.54, 1.807) is 18.2 Å². The van der Waals surface area contributed by atoms with Crippen LogP contribution in [-0.4, -0.2) is 23.4 Å². The molecule has 1 N–H and O–H groups in total. The second-order valence-corrected chi connectivity index (χ2v) is 6.73. The Hall–Kier alpha value is -2.09. The fraction of sp³-hybridized carbons (Fsp3) is 0.444. The van der Waals surface area contributed by atoms with Gasteiger partial charge in [-0.05, 0) is 26.3 Å². The van der Waals surface area contributed by atoms with E-state index in [-0.39, 0.29) is 17.4 Å². The van der Waals surface area contributed by atoms with Crippen molar-refractivity contribution in [1.29, 1.82) is 0 Å². The topological polar surface area (TPSA) is 64.4 Å². The third-order valence-electron chi connectivity index (χ3n) is 3.91. The Morgan fingerprint density at radius 2 is 2.08 bits per heavy atom. The molecular weight excluding hydrogens is 362 g/mol. The highest BCUT2D eigenvalue weighted by Gasteiger charge is 2.19. The molecule has 0 fully saturated rings. The van der Waals surface area contributed by atoms with Crippen molar-refractivity contribution in [1.82, 2.24) is 10.5 Å². The lowest BCUT2D eigenvalue weighted by molar-refractivity contribution is -0.119. The molecule has 0 aliphatic rings. The van der Waals surface area contributed by atoms with Gasteiger partial charge < -0.3 is 14.6 Å². The van der Waals surface area contributed by atoms with Gasteiger partial charge in [-0.25, -0.2) is 0 Å². The number of aromatic nitrogens is 1. The molecular formula is C18H22F2N2O3S. The third kappa shape index (κ3) is 5.45. The summed E-state index contributed by atoms with van der Waals surface area (Å²) in [5, 5.41) is 6.77. The van der Waals surface area contributed by atoms with Gasteiger partial charge in [0, 0.05) is 16.9 Å². The van der Waals surface area contributed by atoms with E-state index in [0.29, 0.717) is 17.7 Å². The molecule has 0 saturated heterocycles. The zero-order valence-corrected chi connectivity index (χ0v) is 15.7. The molecule has 0 aliphatic heterocycles. The van der Waals surface area contributed by atoms with Crippen LogP contribution in [0.4, 0.5) is 8.78 Å². The Morgan fingerprint density at radius 1 is 1.35 bits per heavy atom. The van der Waals surface area contributed by atoms with Crippen LogP contribution in [0.25, 0.3) is 0 Å². The molecule has 1 aromatic heterocycles. The maximum Gasteiger partial charge on any atom is 0.387 e. The van der Waals surface area contributed by atoms with Crippen LogP contribution in [0.3, 0.4) is 0 Å². The number of halogens is 2. The lowest BCUT2D eigenvalue weighted by Crippen LogP contribution is -2.30. The zero-order chi connectivity index (χ0) is 19.1. The van der Waals surface area contributed by atoms with Crippen molar-refractivity contribution < 1.29 is 22.8 Å². The van der Waals surface area contributed by atoms with E-state index in [1.807, 2.05) is 20.8 Å². The van der Waals surface area contributed by atoms with E-state index in [4.69, 9.17) is 4.52 Å². The van der Waals surface area contributed by atoms with E-state index in [0.717, 1.165) is 17.0 Å². The smallest absolute Gasteiger partial charge is 0.387 e. The number of rotatable bonds is 9. The molecule has 26 heavy (non-hydrogen) atoms. The SMILES string of the molecule is CCC(NC(=O)CSCc1c(C)noc1C)c1ccccc1OC(F)F.